The summed E-state index contributed by atoms with van der Waals surface area (Å²) >= 11 is 0. The first kappa shape index (κ1) is 14.3. The number of carbonyl (C=O) groups is 1. The van der Waals surface area contributed by atoms with Crippen LogP contribution in [0.3, 0.4) is 0 Å². The zero-order valence-corrected chi connectivity index (χ0v) is 11.2. The van der Waals surface area contributed by atoms with Crippen LogP contribution < -0.4 is 10.1 Å². The summed E-state index contributed by atoms with van der Waals surface area (Å²) in [4.78, 5) is 13.2. The average molecular weight is 252 g/mol. The molecule has 0 aliphatic rings. The molecule has 5 heteroatoms. The third-order valence-electron chi connectivity index (χ3n) is 3.02. The van der Waals surface area contributed by atoms with Gasteiger partial charge in [-0.2, -0.15) is 0 Å². The second-order valence-corrected chi connectivity index (χ2v) is 4.19. The van der Waals surface area contributed by atoms with Gasteiger partial charge >= 0.3 is 0 Å². The first-order valence-electron chi connectivity index (χ1n) is 5.77. The van der Waals surface area contributed by atoms with E-state index in [2.05, 4.69) is 5.32 Å². The minimum atomic E-state index is -0.0618. The summed E-state index contributed by atoms with van der Waals surface area (Å²) < 4.78 is 5.03. The number of hydrogen-bond acceptors (Lipinski definition) is 4. The van der Waals surface area contributed by atoms with E-state index in [0.717, 1.165) is 5.56 Å². The lowest BCUT2D eigenvalue weighted by molar-refractivity contribution is -0.121. The molecule has 0 aromatic heterocycles. The molecule has 100 valence electrons. The fraction of sp³-hybridized carbons (Fsp3) is 0.462. The number of phenolic OH excluding ortho intramolecular Hbond substituents is 1. The highest BCUT2D eigenvalue weighted by molar-refractivity contribution is 5.77. The van der Waals surface area contributed by atoms with Gasteiger partial charge in [0.05, 0.1) is 13.7 Å². The van der Waals surface area contributed by atoms with E-state index in [1.54, 1.807) is 32.4 Å². The van der Waals surface area contributed by atoms with Crippen molar-refractivity contribution in [3.05, 3.63) is 23.8 Å². The van der Waals surface area contributed by atoms with Gasteiger partial charge in [-0.05, 0) is 20.0 Å². The van der Waals surface area contributed by atoms with Crippen molar-refractivity contribution < 1.29 is 14.6 Å². The van der Waals surface area contributed by atoms with Crippen molar-refractivity contribution in [2.75, 3.05) is 27.7 Å². The number of likely N-dealkylation sites (N-methyl/N-ethyl adjacent to an activating group) is 2. The molecule has 0 radical (unpaired) electrons. The molecule has 1 unspecified atom stereocenters. The highest BCUT2D eigenvalue weighted by Crippen LogP contribution is 2.30. The maximum absolute atomic E-state index is 11.3. The monoisotopic (exact) mass is 252 g/mol. The Morgan fingerprint density at radius 2 is 2.22 bits per heavy atom. The number of methoxy groups -OCH3 is 1. The van der Waals surface area contributed by atoms with Crippen LogP contribution in [-0.4, -0.2) is 43.7 Å². The van der Waals surface area contributed by atoms with E-state index in [1.165, 1.54) is 0 Å². The number of aromatic hydroxyl groups is 1. The van der Waals surface area contributed by atoms with Gasteiger partial charge in [0.1, 0.15) is 11.5 Å². The van der Waals surface area contributed by atoms with Crippen molar-refractivity contribution in [2.45, 2.75) is 13.0 Å². The molecule has 0 saturated carbocycles. The number of amides is 1. The van der Waals surface area contributed by atoms with Crippen molar-refractivity contribution >= 4 is 5.91 Å². The summed E-state index contributed by atoms with van der Waals surface area (Å²) in [5.41, 5.74) is 0.766. The van der Waals surface area contributed by atoms with Crippen LogP contribution in [-0.2, 0) is 4.79 Å². The Balaban J connectivity index is 2.83. The molecular formula is C13H20N2O3. The van der Waals surface area contributed by atoms with Gasteiger partial charge in [-0.15, -0.1) is 0 Å². The Morgan fingerprint density at radius 3 is 2.72 bits per heavy atom. The maximum Gasteiger partial charge on any atom is 0.233 e. The van der Waals surface area contributed by atoms with Crippen LogP contribution in [0.1, 0.15) is 18.5 Å². The fourth-order valence-corrected chi connectivity index (χ4v) is 1.68. The van der Waals surface area contributed by atoms with Gasteiger partial charge in [-0.3, -0.25) is 9.69 Å². The van der Waals surface area contributed by atoms with Crippen LogP contribution in [0.15, 0.2) is 18.2 Å². The molecule has 5 nitrogen and oxygen atoms in total. The Morgan fingerprint density at radius 1 is 1.56 bits per heavy atom. The minimum absolute atomic E-state index is 0.0580. The molecule has 0 heterocycles. The van der Waals surface area contributed by atoms with Gasteiger partial charge in [-0.25, -0.2) is 0 Å². The smallest absolute Gasteiger partial charge is 0.233 e. The molecular weight excluding hydrogens is 232 g/mol. The number of ether oxygens (including phenoxy) is 1. The summed E-state index contributed by atoms with van der Waals surface area (Å²) in [5, 5.41) is 12.5. The van der Waals surface area contributed by atoms with Gasteiger partial charge in [0.15, 0.2) is 0 Å². The quantitative estimate of drug-likeness (QED) is 0.825. The standard InChI is InChI=1S/C13H20N2O3/c1-9(15(3)8-13(17)14-2)11-6-5-10(18-4)7-12(11)16/h5-7,9,16H,8H2,1-4H3,(H,14,17). The van der Waals surface area contributed by atoms with Crippen molar-refractivity contribution in [1.29, 1.82) is 0 Å². The molecule has 1 rings (SSSR count). The number of benzene rings is 1. The zero-order valence-electron chi connectivity index (χ0n) is 11.2. The molecule has 1 atom stereocenters. The lowest BCUT2D eigenvalue weighted by Gasteiger charge is -2.25. The highest BCUT2D eigenvalue weighted by Gasteiger charge is 2.17. The fourth-order valence-electron chi connectivity index (χ4n) is 1.68. The Bertz CT molecular complexity index is 421. The first-order chi connectivity index (χ1) is 8.49. The zero-order chi connectivity index (χ0) is 13.7. The van der Waals surface area contributed by atoms with Crippen molar-refractivity contribution in [2.24, 2.45) is 0 Å². The number of hydrogen-bond donors (Lipinski definition) is 2. The van der Waals surface area contributed by atoms with E-state index in [4.69, 9.17) is 4.74 Å². The molecule has 1 aromatic rings. The van der Waals surface area contributed by atoms with Gasteiger partial charge in [-0.1, -0.05) is 6.07 Å². The van der Waals surface area contributed by atoms with Crippen LogP contribution in [0.5, 0.6) is 11.5 Å². The van der Waals surface area contributed by atoms with Gasteiger partial charge in [0.25, 0.3) is 0 Å². The number of nitrogens with zero attached hydrogens (tertiary/aromatic N) is 1. The van der Waals surface area contributed by atoms with Crippen molar-refractivity contribution in [1.82, 2.24) is 10.2 Å². The summed E-state index contributed by atoms with van der Waals surface area (Å²) in [5.74, 6) is 0.723. The molecule has 1 aromatic carbocycles. The van der Waals surface area contributed by atoms with Crippen LogP contribution in [0, 0.1) is 0 Å². The predicted molar refractivity (Wildman–Crippen MR) is 69.8 cm³/mol. The van der Waals surface area contributed by atoms with Crippen LogP contribution in [0.2, 0.25) is 0 Å². The lowest BCUT2D eigenvalue weighted by atomic mass is 10.1. The molecule has 1 amide bonds. The van der Waals surface area contributed by atoms with E-state index in [0.29, 0.717) is 5.75 Å². The summed E-state index contributed by atoms with van der Waals surface area (Å²) in [6.45, 7) is 2.22. The topological polar surface area (TPSA) is 61.8 Å². The van der Waals surface area contributed by atoms with Crippen molar-refractivity contribution in [3.8, 4) is 11.5 Å². The summed E-state index contributed by atoms with van der Waals surface area (Å²) in [7, 11) is 4.99. The van der Waals surface area contributed by atoms with Gasteiger partial charge in [0.2, 0.25) is 5.91 Å². The van der Waals surface area contributed by atoms with E-state index >= 15 is 0 Å². The molecule has 18 heavy (non-hydrogen) atoms. The van der Waals surface area contributed by atoms with Crippen LogP contribution >= 0.6 is 0 Å². The Kier molecular flexibility index (Phi) is 4.97. The number of rotatable bonds is 5. The van der Waals surface area contributed by atoms with Crippen LogP contribution in [0.25, 0.3) is 0 Å². The Hall–Kier alpha value is -1.75. The minimum Gasteiger partial charge on any atom is -0.507 e. The Labute approximate surface area is 107 Å². The second-order valence-electron chi connectivity index (χ2n) is 4.19. The third-order valence-corrected chi connectivity index (χ3v) is 3.02. The molecule has 0 spiro atoms. The highest BCUT2D eigenvalue weighted by atomic mass is 16.5. The van der Waals surface area contributed by atoms with E-state index < -0.39 is 0 Å². The maximum atomic E-state index is 11.3. The number of carbonyl (C=O) groups excluding carboxylic acids is 1. The molecule has 0 saturated heterocycles. The number of nitrogens with one attached hydrogen (secondary N) is 1. The summed E-state index contributed by atoms with van der Waals surface area (Å²) in [6.07, 6.45) is 0. The third kappa shape index (κ3) is 3.37. The van der Waals surface area contributed by atoms with Crippen molar-refractivity contribution in [3.63, 3.8) is 0 Å². The summed E-state index contributed by atoms with van der Waals surface area (Å²) in [6, 6.07) is 5.10. The SMILES string of the molecule is CNC(=O)CN(C)C(C)c1ccc(OC)cc1O. The number of phenols is 1. The predicted octanol–water partition coefficient (Wildman–Crippen LogP) is 1.14. The normalized spacial score (nSPS) is 12.3. The molecule has 0 fully saturated rings. The molecule has 0 aliphatic heterocycles. The molecule has 0 aliphatic carbocycles. The van der Waals surface area contributed by atoms with E-state index in [9.17, 15) is 9.90 Å². The van der Waals surface area contributed by atoms with E-state index in [-0.39, 0.29) is 24.2 Å². The first-order valence-corrected chi connectivity index (χ1v) is 5.77. The van der Waals surface area contributed by atoms with E-state index in [1.807, 2.05) is 18.9 Å². The van der Waals surface area contributed by atoms with Gasteiger partial charge in [0, 0.05) is 24.7 Å². The molecule has 0 bridgehead atoms. The second kappa shape index (κ2) is 6.26. The molecule has 2 N–H and O–H groups in total. The van der Waals surface area contributed by atoms with Gasteiger partial charge < -0.3 is 15.2 Å². The van der Waals surface area contributed by atoms with Crippen LogP contribution in [0.4, 0.5) is 0 Å². The largest absolute Gasteiger partial charge is 0.507 e. The average Bonchev–Trinajstić information content (AvgIpc) is 2.37. The lowest BCUT2D eigenvalue weighted by Crippen LogP contribution is -2.34.